The van der Waals surface area contributed by atoms with Crippen molar-refractivity contribution in [3.63, 3.8) is 0 Å². The molecule has 0 atom stereocenters. The molecular weight excluding hydrogens is 244 g/mol. The predicted octanol–water partition coefficient (Wildman–Crippen LogP) is 2.12. The molecule has 2 aliphatic rings. The van der Waals surface area contributed by atoms with Crippen LogP contribution in [-0.2, 0) is 4.79 Å². The summed E-state index contributed by atoms with van der Waals surface area (Å²) in [6.45, 7) is 5.87. The smallest absolute Gasteiger partial charge is 0.225 e. The van der Waals surface area contributed by atoms with Crippen LogP contribution in [0.5, 0.6) is 0 Å². The van der Waals surface area contributed by atoms with Gasteiger partial charge in [-0.3, -0.25) is 4.79 Å². The van der Waals surface area contributed by atoms with Gasteiger partial charge in [-0.15, -0.1) is 0 Å². The van der Waals surface area contributed by atoms with Crippen LogP contribution in [0, 0.1) is 5.92 Å². The molecule has 2 heterocycles. The minimum absolute atomic E-state index is 0.143. The zero-order valence-corrected chi connectivity index (χ0v) is 12.5. The van der Waals surface area contributed by atoms with Crippen LogP contribution in [0.15, 0.2) is 0 Å². The van der Waals surface area contributed by atoms with Gasteiger partial charge < -0.3 is 10.2 Å². The maximum absolute atomic E-state index is 11.9. The molecule has 104 valence electrons. The highest BCUT2D eigenvalue weighted by Gasteiger charge is 2.25. The summed E-state index contributed by atoms with van der Waals surface area (Å²) in [6.07, 6.45) is 4.88. The molecule has 18 heavy (non-hydrogen) atoms. The minimum atomic E-state index is 0.143. The second-order valence-electron chi connectivity index (χ2n) is 5.81. The number of carbonyl (C=O) groups is 1. The molecule has 0 radical (unpaired) electrons. The number of nitrogens with zero attached hydrogens (tertiary/aromatic N) is 1. The number of piperidine rings is 1. The Bertz CT molecular complexity index is 269. The van der Waals surface area contributed by atoms with Gasteiger partial charge in [0.05, 0.1) is 0 Å². The number of hydrogen-bond acceptors (Lipinski definition) is 3. The van der Waals surface area contributed by atoms with E-state index in [1.165, 1.54) is 24.3 Å². The van der Waals surface area contributed by atoms with Gasteiger partial charge in [0.25, 0.3) is 0 Å². The first-order chi connectivity index (χ1) is 8.66. The molecule has 2 saturated heterocycles. The summed E-state index contributed by atoms with van der Waals surface area (Å²) in [5, 5.41) is 3.80. The van der Waals surface area contributed by atoms with E-state index >= 15 is 0 Å². The van der Waals surface area contributed by atoms with Crippen molar-refractivity contribution in [1.82, 2.24) is 10.2 Å². The quantitative estimate of drug-likeness (QED) is 0.852. The van der Waals surface area contributed by atoms with E-state index < -0.39 is 0 Å². The Morgan fingerprint density at radius 2 is 1.67 bits per heavy atom. The fraction of sp³-hybridized carbons (Fsp3) is 0.929. The van der Waals surface area contributed by atoms with Crippen molar-refractivity contribution >= 4 is 17.7 Å². The molecule has 4 heteroatoms. The maximum atomic E-state index is 11.9. The molecule has 1 N–H and O–H groups in total. The van der Waals surface area contributed by atoms with Crippen LogP contribution in [0.2, 0.25) is 0 Å². The summed E-state index contributed by atoms with van der Waals surface area (Å²) in [6, 6.07) is 1.36. The second kappa shape index (κ2) is 6.80. The van der Waals surface area contributed by atoms with E-state index in [0.29, 0.717) is 11.9 Å². The summed E-state index contributed by atoms with van der Waals surface area (Å²) in [4.78, 5) is 13.9. The lowest BCUT2D eigenvalue weighted by Crippen LogP contribution is -2.49. The Labute approximate surface area is 115 Å². The zero-order chi connectivity index (χ0) is 13.0. The monoisotopic (exact) mass is 270 g/mol. The highest BCUT2D eigenvalue weighted by molar-refractivity contribution is 7.99. The van der Waals surface area contributed by atoms with Crippen LogP contribution >= 0.6 is 11.8 Å². The van der Waals surface area contributed by atoms with Crippen molar-refractivity contribution in [2.45, 2.75) is 51.6 Å². The van der Waals surface area contributed by atoms with Crippen molar-refractivity contribution in [2.75, 3.05) is 24.6 Å². The van der Waals surface area contributed by atoms with Crippen molar-refractivity contribution in [1.29, 1.82) is 0 Å². The second-order valence-corrected chi connectivity index (χ2v) is 7.03. The van der Waals surface area contributed by atoms with Crippen LogP contribution in [0.25, 0.3) is 0 Å². The predicted molar refractivity (Wildman–Crippen MR) is 77.9 cm³/mol. The number of amides is 1. The Kier molecular flexibility index (Phi) is 5.37. The molecule has 3 nitrogen and oxygen atoms in total. The van der Waals surface area contributed by atoms with Gasteiger partial charge in [-0.25, -0.2) is 0 Å². The number of hydrogen-bond donors (Lipinski definition) is 1. The third-order valence-electron chi connectivity index (χ3n) is 3.99. The van der Waals surface area contributed by atoms with Gasteiger partial charge in [-0.05, 0) is 37.2 Å². The first-order valence-electron chi connectivity index (χ1n) is 7.29. The Balaban J connectivity index is 1.71. The van der Waals surface area contributed by atoms with Gasteiger partial charge in [-0.1, -0.05) is 13.8 Å². The average Bonchev–Trinajstić information content (AvgIpc) is 2.40. The largest absolute Gasteiger partial charge is 0.342 e. The number of likely N-dealkylation sites (tertiary alicyclic amines) is 1. The van der Waals surface area contributed by atoms with Gasteiger partial charge in [0.15, 0.2) is 0 Å². The van der Waals surface area contributed by atoms with E-state index in [1.54, 1.807) is 0 Å². The van der Waals surface area contributed by atoms with E-state index in [2.05, 4.69) is 17.1 Å². The lowest BCUT2D eigenvalue weighted by Gasteiger charge is -2.36. The van der Waals surface area contributed by atoms with Crippen LogP contribution < -0.4 is 5.32 Å². The third kappa shape index (κ3) is 3.89. The molecule has 0 aromatic heterocycles. The highest BCUT2D eigenvalue weighted by Crippen LogP contribution is 2.20. The number of carbonyl (C=O) groups excluding carboxylic acids is 1. The van der Waals surface area contributed by atoms with E-state index in [-0.39, 0.29) is 5.92 Å². The average molecular weight is 270 g/mol. The molecule has 2 rings (SSSR count). The van der Waals surface area contributed by atoms with Crippen LogP contribution in [0.1, 0.15) is 39.5 Å². The lowest BCUT2D eigenvalue weighted by atomic mass is 10.0. The van der Waals surface area contributed by atoms with E-state index in [4.69, 9.17) is 0 Å². The van der Waals surface area contributed by atoms with E-state index in [0.717, 1.165) is 32.0 Å². The molecule has 0 aromatic rings. The Hall–Kier alpha value is -0.220. The molecule has 0 aliphatic carbocycles. The highest BCUT2D eigenvalue weighted by atomic mass is 32.2. The van der Waals surface area contributed by atoms with E-state index in [9.17, 15) is 4.79 Å². The van der Waals surface area contributed by atoms with Gasteiger partial charge in [0.2, 0.25) is 5.91 Å². The standard InChI is InChI=1S/C14H26N2OS/c1-11(2)14(17)16-7-3-12(4-8-16)15-13-5-9-18-10-6-13/h11-13,15H,3-10H2,1-2H3. The molecule has 0 unspecified atom stereocenters. The first kappa shape index (κ1) is 14.2. The summed E-state index contributed by atoms with van der Waals surface area (Å²) in [7, 11) is 0. The fourth-order valence-corrected chi connectivity index (χ4v) is 3.94. The number of thioether (sulfide) groups is 1. The fourth-order valence-electron chi connectivity index (χ4n) is 2.83. The molecule has 1 amide bonds. The summed E-state index contributed by atoms with van der Waals surface area (Å²) in [5.74, 6) is 3.08. The number of rotatable bonds is 3. The summed E-state index contributed by atoms with van der Waals surface area (Å²) < 4.78 is 0. The van der Waals surface area contributed by atoms with Crippen molar-refractivity contribution in [3.8, 4) is 0 Å². The molecule has 0 spiro atoms. The van der Waals surface area contributed by atoms with Crippen LogP contribution in [-0.4, -0.2) is 47.5 Å². The van der Waals surface area contributed by atoms with Crippen LogP contribution in [0.3, 0.4) is 0 Å². The Morgan fingerprint density at radius 3 is 2.22 bits per heavy atom. The molecule has 0 saturated carbocycles. The molecule has 0 bridgehead atoms. The first-order valence-corrected chi connectivity index (χ1v) is 8.45. The normalized spacial score (nSPS) is 23.6. The Morgan fingerprint density at radius 1 is 1.11 bits per heavy atom. The maximum Gasteiger partial charge on any atom is 0.225 e. The zero-order valence-electron chi connectivity index (χ0n) is 11.7. The summed E-state index contributed by atoms with van der Waals surface area (Å²) in [5.41, 5.74) is 0. The third-order valence-corrected chi connectivity index (χ3v) is 5.04. The van der Waals surface area contributed by atoms with Crippen molar-refractivity contribution in [3.05, 3.63) is 0 Å². The minimum Gasteiger partial charge on any atom is -0.342 e. The topological polar surface area (TPSA) is 32.3 Å². The summed E-state index contributed by atoms with van der Waals surface area (Å²) >= 11 is 2.08. The van der Waals surface area contributed by atoms with Gasteiger partial charge in [0.1, 0.15) is 0 Å². The lowest BCUT2D eigenvalue weighted by molar-refractivity contribution is -0.135. The van der Waals surface area contributed by atoms with Crippen LogP contribution in [0.4, 0.5) is 0 Å². The van der Waals surface area contributed by atoms with Crippen molar-refractivity contribution in [2.24, 2.45) is 5.92 Å². The molecule has 2 aliphatic heterocycles. The van der Waals surface area contributed by atoms with Gasteiger partial charge >= 0.3 is 0 Å². The number of nitrogens with one attached hydrogen (secondary N) is 1. The van der Waals surface area contributed by atoms with Gasteiger partial charge in [-0.2, -0.15) is 11.8 Å². The van der Waals surface area contributed by atoms with Crippen molar-refractivity contribution < 1.29 is 4.79 Å². The molecule has 2 fully saturated rings. The van der Waals surface area contributed by atoms with E-state index in [1.807, 2.05) is 18.7 Å². The van der Waals surface area contributed by atoms with Gasteiger partial charge in [0, 0.05) is 31.1 Å². The SMILES string of the molecule is CC(C)C(=O)N1CCC(NC2CCSCC2)CC1. The molecule has 0 aromatic carbocycles. The molecular formula is C14H26N2OS.